The fraction of sp³-hybridized carbons (Fsp3) is 0.0435. The number of hydrogen-bond acceptors (Lipinski definition) is 1. The molecule has 1 heteroatoms. The van der Waals surface area contributed by atoms with Gasteiger partial charge < -0.3 is 4.42 Å². The van der Waals surface area contributed by atoms with Gasteiger partial charge in [0.2, 0.25) is 0 Å². The van der Waals surface area contributed by atoms with E-state index in [2.05, 4.69) is 158 Å². The lowest BCUT2D eigenvalue weighted by molar-refractivity contribution is 0.546. The monoisotopic (exact) mass is 598 g/mol. The van der Waals surface area contributed by atoms with E-state index in [9.17, 15) is 0 Å². The average molecular weight is 599 g/mol. The molecule has 0 aliphatic heterocycles. The van der Waals surface area contributed by atoms with E-state index < -0.39 is 0 Å². The Hall–Kier alpha value is -5.92. The molecule has 1 heterocycles. The third-order valence-corrected chi connectivity index (χ3v) is 10.1. The van der Waals surface area contributed by atoms with E-state index in [1.54, 1.807) is 0 Å². The molecular weight excluding hydrogens is 569 g/mol. The fourth-order valence-electron chi connectivity index (χ4n) is 7.88. The number of allylic oxidation sites excluding steroid dienone is 1. The summed E-state index contributed by atoms with van der Waals surface area (Å²) in [6.45, 7) is 0. The van der Waals surface area contributed by atoms with E-state index in [1.165, 1.54) is 87.4 Å². The standard InChI is InChI=1S/C46H30O/c1-2-12-35-29(10-1)11-9-18-37(35)46-40-16-5-3-14-38(40)45(39-15-4-6-17-41(39)46)34-23-22-30-26-31(20-21-32(30)27-34)33-24-25-44-42(28-33)36-13-7-8-19-43(36)47-44/h1-7,9-18,20-28H,8,19H2. The second-order valence-corrected chi connectivity index (χ2v) is 12.7. The van der Waals surface area contributed by atoms with Crippen molar-refractivity contribution in [3.63, 3.8) is 0 Å². The van der Waals surface area contributed by atoms with Gasteiger partial charge in [-0.05, 0) is 107 Å². The molecule has 10 rings (SSSR count). The Morgan fingerprint density at radius 3 is 1.79 bits per heavy atom. The number of aryl methyl sites for hydroxylation is 1. The molecule has 8 aromatic carbocycles. The largest absolute Gasteiger partial charge is 0.460 e. The molecule has 0 N–H and O–H groups in total. The highest BCUT2D eigenvalue weighted by molar-refractivity contribution is 6.23. The van der Waals surface area contributed by atoms with Crippen molar-refractivity contribution in [3.8, 4) is 33.4 Å². The number of furan rings is 1. The van der Waals surface area contributed by atoms with Crippen molar-refractivity contribution in [2.24, 2.45) is 0 Å². The highest BCUT2D eigenvalue weighted by Crippen LogP contribution is 2.45. The Kier molecular flexibility index (Phi) is 5.77. The first-order chi connectivity index (χ1) is 23.3. The third-order valence-electron chi connectivity index (χ3n) is 10.1. The van der Waals surface area contributed by atoms with Gasteiger partial charge in [-0.1, -0.05) is 133 Å². The van der Waals surface area contributed by atoms with Crippen molar-refractivity contribution >= 4 is 60.1 Å². The summed E-state index contributed by atoms with van der Waals surface area (Å²) >= 11 is 0. The molecule has 1 aromatic heterocycles. The molecule has 0 saturated heterocycles. The molecule has 0 atom stereocenters. The summed E-state index contributed by atoms with van der Waals surface area (Å²) in [5, 5.41) is 11.3. The number of hydrogen-bond donors (Lipinski definition) is 0. The lowest BCUT2D eigenvalue weighted by Crippen LogP contribution is -1.91. The average Bonchev–Trinajstić information content (AvgIpc) is 3.51. The SMILES string of the molecule is C1=Cc2c(oc3ccc(-c4ccc5cc(-c6c7ccccc7c(-c7cccc8ccccc78)c7ccccc67)ccc5c4)cc23)CC1. The van der Waals surface area contributed by atoms with Crippen LogP contribution >= 0.6 is 0 Å². The number of fused-ring (bicyclic) bond motifs is 7. The van der Waals surface area contributed by atoms with Crippen molar-refractivity contribution in [2.45, 2.75) is 12.8 Å². The first-order valence-electron chi connectivity index (χ1n) is 16.5. The zero-order valence-corrected chi connectivity index (χ0v) is 25.8. The second-order valence-electron chi connectivity index (χ2n) is 12.7. The summed E-state index contributed by atoms with van der Waals surface area (Å²) in [7, 11) is 0. The fourth-order valence-corrected chi connectivity index (χ4v) is 7.88. The minimum atomic E-state index is 0.974. The van der Waals surface area contributed by atoms with E-state index in [0.29, 0.717) is 0 Å². The summed E-state index contributed by atoms with van der Waals surface area (Å²) in [5.74, 6) is 1.11. The molecule has 220 valence electrons. The van der Waals surface area contributed by atoms with Gasteiger partial charge in [0.1, 0.15) is 11.3 Å². The molecule has 1 aliphatic carbocycles. The van der Waals surface area contributed by atoms with Crippen molar-refractivity contribution in [1.82, 2.24) is 0 Å². The Morgan fingerprint density at radius 2 is 1.02 bits per heavy atom. The summed E-state index contributed by atoms with van der Waals surface area (Å²) < 4.78 is 6.17. The molecule has 1 aliphatic rings. The summed E-state index contributed by atoms with van der Waals surface area (Å²) in [5.41, 5.74) is 9.75. The van der Waals surface area contributed by atoms with Gasteiger partial charge >= 0.3 is 0 Å². The molecule has 0 saturated carbocycles. The maximum atomic E-state index is 6.17. The van der Waals surface area contributed by atoms with Gasteiger partial charge in [0.05, 0.1) is 0 Å². The molecule has 0 spiro atoms. The molecule has 1 nitrogen and oxygen atoms in total. The molecule has 0 amide bonds. The van der Waals surface area contributed by atoms with E-state index in [-0.39, 0.29) is 0 Å². The highest BCUT2D eigenvalue weighted by atomic mass is 16.3. The maximum Gasteiger partial charge on any atom is 0.134 e. The van der Waals surface area contributed by atoms with Crippen LogP contribution in [0.4, 0.5) is 0 Å². The smallest absolute Gasteiger partial charge is 0.134 e. The molecule has 9 aromatic rings. The molecule has 47 heavy (non-hydrogen) atoms. The van der Waals surface area contributed by atoms with Crippen LogP contribution in [0.1, 0.15) is 17.7 Å². The number of rotatable bonds is 3. The van der Waals surface area contributed by atoms with Gasteiger partial charge in [-0.2, -0.15) is 0 Å². The summed E-state index contributed by atoms with van der Waals surface area (Å²) in [6.07, 6.45) is 6.50. The number of benzene rings is 8. The van der Waals surface area contributed by atoms with Crippen molar-refractivity contribution in [2.75, 3.05) is 0 Å². The molecule has 0 bridgehead atoms. The normalized spacial score (nSPS) is 12.9. The first-order valence-corrected chi connectivity index (χ1v) is 16.5. The van der Waals surface area contributed by atoms with Crippen LogP contribution in [0.2, 0.25) is 0 Å². The minimum absolute atomic E-state index is 0.974. The van der Waals surface area contributed by atoms with Crippen LogP contribution in [0.25, 0.3) is 93.5 Å². The topological polar surface area (TPSA) is 13.1 Å². The maximum absolute atomic E-state index is 6.17. The third kappa shape index (κ3) is 4.10. The van der Waals surface area contributed by atoms with Gasteiger partial charge in [-0.15, -0.1) is 0 Å². The molecule has 0 radical (unpaired) electrons. The van der Waals surface area contributed by atoms with Crippen molar-refractivity contribution in [3.05, 3.63) is 163 Å². The predicted molar refractivity (Wildman–Crippen MR) is 200 cm³/mol. The lowest BCUT2D eigenvalue weighted by Gasteiger charge is -2.19. The highest BCUT2D eigenvalue weighted by Gasteiger charge is 2.19. The second kappa shape index (κ2) is 10.3. The van der Waals surface area contributed by atoms with Crippen LogP contribution in [0.5, 0.6) is 0 Å². The summed E-state index contributed by atoms with van der Waals surface area (Å²) in [4.78, 5) is 0. The predicted octanol–water partition coefficient (Wildman–Crippen LogP) is 13.0. The molecule has 0 unspecified atom stereocenters. The van der Waals surface area contributed by atoms with Gasteiger partial charge in [0.25, 0.3) is 0 Å². The van der Waals surface area contributed by atoms with Crippen molar-refractivity contribution < 1.29 is 4.42 Å². The van der Waals surface area contributed by atoms with Crippen LogP contribution in [0.15, 0.2) is 156 Å². The van der Waals surface area contributed by atoms with Crippen LogP contribution in [0, 0.1) is 0 Å². The lowest BCUT2D eigenvalue weighted by atomic mass is 9.84. The zero-order valence-electron chi connectivity index (χ0n) is 25.8. The van der Waals surface area contributed by atoms with E-state index in [1.807, 2.05) is 0 Å². The minimum Gasteiger partial charge on any atom is -0.460 e. The first kappa shape index (κ1) is 26.3. The van der Waals surface area contributed by atoms with Crippen LogP contribution in [-0.2, 0) is 6.42 Å². The Bertz CT molecular complexity index is 2680. The van der Waals surface area contributed by atoms with Crippen LogP contribution in [-0.4, -0.2) is 0 Å². The Morgan fingerprint density at radius 1 is 0.426 bits per heavy atom. The zero-order chi connectivity index (χ0) is 30.9. The van der Waals surface area contributed by atoms with Gasteiger partial charge in [0, 0.05) is 17.4 Å². The van der Waals surface area contributed by atoms with Crippen LogP contribution < -0.4 is 0 Å². The van der Waals surface area contributed by atoms with E-state index >= 15 is 0 Å². The molecular formula is C46H30O. The molecule has 0 fully saturated rings. The van der Waals surface area contributed by atoms with Gasteiger partial charge in [0.15, 0.2) is 0 Å². The van der Waals surface area contributed by atoms with Crippen LogP contribution in [0.3, 0.4) is 0 Å². The summed E-state index contributed by atoms with van der Waals surface area (Å²) in [6, 6.07) is 53.7. The van der Waals surface area contributed by atoms with E-state index in [0.717, 1.165) is 24.2 Å². The van der Waals surface area contributed by atoms with Crippen molar-refractivity contribution in [1.29, 1.82) is 0 Å². The quantitative estimate of drug-likeness (QED) is 0.184. The van der Waals surface area contributed by atoms with Gasteiger partial charge in [-0.25, -0.2) is 0 Å². The van der Waals surface area contributed by atoms with Gasteiger partial charge in [-0.3, -0.25) is 0 Å². The van der Waals surface area contributed by atoms with E-state index in [4.69, 9.17) is 4.42 Å². The Labute approximate surface area is 273 Å². The Balaban J connectivity index is 1.15.